The molecule has 0 aliphatic carbocycles. The molecule has 2 bridgehead atoms. The molecule has 9 heteroatoms. The van der Waals surface area contributed by atoms with Gasteiger partial charge in [-0.25, -0.2) is 0 Å². The van der Waals surface area contributed by atoms with Crippen molar-refractivity contribution in [3.63, 3.8) is 0 Å². The van der Waals surface area contributed by atoms with Crippen LogP contribution in [0.3, 0.4) is 0 Å². The number of carbonyl (C=O) groups excluding carboxylic acids is 3. The number of rotatable bonds is 11. The highest BCUT2D eigenvalue weighted by molar-refractivity contribution is 6.02. The lowest BCUT2D eigenvalue weighted by Crippen LogP contribution is -2.62. The predicted octanol–water partition coefficient (Wildman–Crippen LogP) is 4.53. The van der Waals surface area contributed by atoms with E-state index in [4.69, 9.17) is 9.47 Å². The first-order valence-electron chi connectivity index (χ1n) is 15.5. The zero-order chi connectivity index (χ0) is 31.3. The standard InChI is InChI=1S/C33H51N3O6/c1-10-32-16-17-33(42-32)25(24(32)27(38)34-21-12-14-22(15-13-21)41-11-2)29(40)36(23(18-37)20(3)4)26(33)28(39)35-31(8,9)19-30(5,6)7/h12-15,20,23-26,37H,10-11,16-19H2,1-9H3,(H,34,38)(H,35,39)/t23-,24+,25-,26?,32-,33?/m0/s1. The van der Waals surface area contributed by atoms with Crippen LogP contribution in [-0.2, 0) is 19.1 Å². The smallest absolute Gasteiger partial charge is 0.246 e. The van der Waals surface area contributed by atoms with Crippen LogP contribution in [-0.4, -0.2) is 69.8 Å². The molecular formula is C33H51N3O6. The Kier molecular flexibility index (Phi) is 8.80. The van der Waals surface area contributed by atoms with E-state index < -0.39 is 40.7 Å². The maximum atomic E-state index is 14.5. The second-order valence-electron chi connectivity index (χ2n) is 14.6. The zero-order valence-corrected chi connectivity index (χ0v) is 26.9. The first-order valence-corrected chi connectivity index (χ1v) is 15.5. The maximum Gasteiger partial charge on any atom is 0.246 e. The highest BCUT2D eigenvalue weighted by atomic mass is 16.5. The van der Waals surface area contributed by atoms with E-state index >= 15 is 0 Å². The maximum absolute atomic E-state index is 14.5. The Morgan fingerprint density at radius 2 is 1.74 bits per heavy atom. The van der Waals surface area contributed by atoms with Crippen LogP contribution >= 0.6 is 0 Å². The quantitative estimate of drug-likeness (QED) is 0.352. The Morgan fingerprint density at radius 3 is 2.26 bits per heavy atom. The number of aliphatic hydroxyl groups is 1. The molecule has 3 fully saturated rings. The lowest BCUT2D eigenvalue weighted by atomic mass is 9.65. The Labute approximate surface area is 251 Å². The molecule has 3 aliphatic heterocycles. The van der Waals surface area contributed by atoms with Gasteiger partial charge in [-0.1, -0.05) is 41.5 Å². The van der Waals surface area contributed by atoms with E-state index in [2.05, 4.69) is 31.4 Å². The van der Waals surface area contributed by atoms with E-state index in [1.54, 1.807) is 29.2 Å². The van der Waals surface area contributed by atoms with Crippen LogP contribution in [0.5, 0.6) is 5.75 Å². The number of hydrogen-bond acceptors (Lipinski definition) is 6. The van der Waals surface area contributed by atoms with Gasteiger partial charge in [-0.3, -0.25) is 14.4 Å². The average molecular weight is 586 g/mol. The normalized spacial score (nSPS) is 29.5. The largest absolute Gasteiger partial charge is 0.494 e. The molecule has 1 aromatic rings. The van der Waals surface area contributed by atoms with E-state index in [0.717, 1.165) is 6.42 Å². The molecule has 3 N–H and O–H groups in total. The summed E-state index contributed by atoms with van der Waals surface area (Å²) in [6, 6.07) is 5.61. The van der Waals surface area contributed by atoms with Gasteiger partial charge in [0.15, 0.2) is 0 Å². The second-order valence-corrected chi connectivity index (χ2v) is 14.6. The SMILES string of the molecule is CCOc1ccc(NC(=O)[C@H]2[C@H]3C(=O)N([C@@H](CO)C(C)C)C(C(=O)NC(C)(C)CC(C)(C)C)C34CC[C@]2(CC)O4)cc1. The van der Waals surface area contributed by atoms with Crippen LogP contribution in [0.25, 0.3) is 0 Å². The lowest BCUT2D eigenvalue weighted by molar-refractivity contribution is -0.152. The van der Waals surface area contributed by atoms with Crippen molar-refractivity contribution in [2.75, 3.05) is 18.5 Å². The van der Waals surface area contributed by atoms with Gasteiger partial charge in [0, 0.05) is 11.2 Å². The van der Waals surface area contributed by atoms with Gasteiger partial charge in [-0.15, -0.1) is 0 Å². The summed E-state index contributed by atoms with van der Waals surface area (Å²) in [7, 11) is 0. The number of ether oxygens (including phenoxy) is 2. The Morgan fingerprint density at radius 1 is 1.10 bits per heavy atom. The van der Waals surface area contributed by atoms with E-state index in [0.29, 0.717) is 37.3 Å². The summed E-state index contributed by atoms with van der Waals surface area (Å²) in [4.78, 5) is 44.4. The topological polar surface area (TPSA) is 117 Å². The molecule has 234 valence electrons. The van der Waals surface area contributed by atoms with E-state index in [-0.39, 0.29) is 35.7 Å². The molecular weight excluding hydrogens is 534 g/mol. The summed E-state index contributed by atoms with van der Waals surface area (Å²) < 4.78 is 12.4. The third-order valence-electron chi connectivity index (χ3n) is 9.33. The summed E-state index contributed by atoms with van der Waals surface area (Å²) in [5, 5.41) is 16.7. The second kappa shape index (κ2) is 11.5. The summed E-state index contributed by atoms with van der Waals surface area (Å²) >= 11 is 0. The summed E-state index contributed by atoms with van der Waals surface area (Å²) in [5.74, 6) is -1.89. The number of nitrogens with zero attached hydrogens (tertiary/aromatic N) is 1. The minimum Gasteiger partial charge on any atom is -0.494 e. The molecule has 1 spiro atoms. The molecule has 0 aromatic heterocycles. The average Bonchev–Trinajstić information content (AvgIpc) is 3.48. The van der Waals surface area contributed by atoms with Gasteiger partial charge in [-0.2, -0.15) is 0 Å². The molecule has 9 nitrogen and oxygen atoms in total. The van der Waals surface area contributed by atoms with Gasteiger partial charge >= 0.3 is 0 Å². The minimum atomic E-state index is -1.15. The molecule has 3 amide bonds. The number of aliphatic hydroxyl groups excluding tert-OH is 1. The molecule has 0 radical (unpaired) electrons. The highest BCUT2D eigenvalue weighted by Gasteiger charge is 2.79. The van der Waals surface area contributed by atoms with Crippen molar-refractivity contribution in [2.45, 2.75) is 117 Å². The van der Waals surface area contributed by atoms with Gasteiger partial charge in [0.2, 0.25) is 17.7 Å². The fourth-order valence-electron chi connectivity index (χ4n) is 8.12. The van der Waals surface area contributed by atoms with E-state index in [1.807, 2.05) is 41.5 Å². The molecule has 42 heavy (non-hydrogen) atoms. The Balaban J connectivity index is 1.74. The predicted molar refractivity (Wildman–Crippen MR) is 162 cm³/mol. The number of benzene rings is 1. The van der Waals surface area contributed by atoms with Crippen molar-refractivity contribution < 1.29 is 29.0 Å². The molecule has 0 saturated carbocycles. The molecule has 6 atom stereocenters. The zero-order valence-electron chi connectivity index (χ0n) is 26.9. The third kappa shape index (κ3) is 5.66. The number of carbonyl (C=O) groups is 3. The van der Waals surface area contributed by atoms with Crippen LogP contribution in [0, 0.1) is 23.2 Å². The molecule has 3 heterocycles. The van der Waals surface area contributed by atoms with E-state index in [9.17, 15) is 19.5 Å². The molecule has 3 saturated heterocycles. The molecule has 2 unspecified atom stereocenters. The van der Waals surface area contributed by atoms with Crippen LogP contribution in [0.4, 0.5) is 5.69 Å². The molecule has 4 rings (SSSR count). The summed E-state index contributed by atoms with van der Waals surface area (Å²) in [6.45, 7) is 18.4. The van der Waals surface area contributed by atoms with E-state index in [1.165, 1.54) is 0 Å². The lowest BCUT2D eigenvalue weighted by Gasteiger charge is -2.41. The van der Waals surface area contributed by atoms with Gasteiger partial charge in [0.1, 0.15) is 17.4 Å². The fourth-order valence-corrected chi connectivity index (χ4v) is 8.12. The van der Waals surface area contributed by atoms with Gasteiger partial charge in [0.25, 0.3) is 0 Å². The van der Waals surface area contributed by atoms with Crippen molar-refractivity contribution in [1.29, 1.82) is 0 Å². The molecule has 3 aliphatic rings. The van der Waals surface area contributed by atoms with Crippen molar-refractivity contribution in [2.24, 2.45) is 23.2 Å². The monoisotopic (exact) mass is 585 g/mol. The number of hydrogen-bond donors (Lipinski definition) is 3. The number of anilines is 1. The fraction of sp³-hybridized carbons (Fsp3) is 0.727. The third-order valence-corrected chi connectivity index (χ3v) is 9.33. The molecule has 1 aromatic carbocycles. The van der Waals surface area contributed by atoms with Gasteiger partial charge in [0.05, 0.1) is 36.7 Å². The first kappa shape index (κ1) is 32.3. The Bertz CT molecular complexity index is 1180. The highest BCUT2D eigenvalue weighted by Crippen LogP contribution is 2.64. The van der Waals surface area contributed by atoms with Crippen LogP contribution in [0.2, 0.25) is 0 Å². The number of amides is 3. The number of fused-ring (bicyclic) bond motifs is 1. The van der Waals surface area contributed by atoms with Crippen LogP contribution in [0.1, 0.15) is 88.0 Å². The van der Waals surface area contributed by atoms with Crippen molar-refractivity contribution in [1.82, 2.24) is 10.2 Å². The Hall–Kier alpha value is -2.65. The van der Waals surface area contributed by atoms with Crippen molar-refractivity contribution in [3.8, 4) is 5.75 Å². The van der Waals surface area contributed by atoms with Crippen LogP contribution < -0.4 is 15.4 Å². The summed E-state index contributed by atoms with van der Waals surface area (Å²) in [6.07, 6.45) is 2.33. The number of nitrogens with one attached hydrogen (secondary N) is 2. The van der Waals surface area contributed by atoms with Crippen molar-refractivity contribution in [3.05, 3.63) is 24.3 Å². The number of likely N-dealkylation sites (tertiary alicyclic amines) is 1. The van der Waals surface area contributed by atoms with Gasteiger partial charge < -0.3 is 30.1 Å². The van der Waals surface area contributed by atoms with Crippen molar-refractivity contribution >= 4 is 23.4 Å². The van der Waals surface area contributed by atoms with Crippen LogP contribution in [0.15, 0.2) is 24.3 Å². The first-order chi connectivity index (χ1) is 19.5. The minimum absolute atomic E-state index is 0.0347. The van der Waals surface area contributed by atoms with Gasteiger partial charge in [-0.05, 0) is 82.1 Å². The summed E-state index contributed by atoms with van der Waals surface area (Å²) in [5.41, 5.74) is -1.99.